The Kier molecular flexibility index (Phi) is 7.84. The number of piperidine rings is 3. The van der Waals surface area contributed by atoms with Crippen molar-refractivity contribution in [3.8, 4) is 0 Å². The summed E-state index contributed by atoms with van der Waals surface area (Å²) in [6.45, 7) is 4.83. The number of aromatic nitrogens is 1. The third-order valence-electron chi connectivity index (χ3n) is 8.01. The van der Waals surface area contributed by atoms with Gasteiger partial charge < -0.3 is 30.7 Å². The lowest BCUT2D eigenvalue weighted by Crippen LogP contribution is -3.00. The van der Waals surface area contributed by atoms with Gasteiger partial charge in [0.2, 0.25) is 5.88 Å². The molecule has 3 saturated heterocycles. The van der Waals surface area contributed by atoms with Crippen LogP contribution in [0.1, 0.15) is 61.9 Å². The van der Waals surface area contributed by atoms with Crippen LogP contribution in [0.3, 0.4) is 0 Å². The average molecular weight is 553 g/mol. The van der Waals surface area contributed by atoms with E-state index in [0.29, 0.717) is 22.8 Å². The van der Waals surface area contributed by atoms with E-state index < -0.39 is 5.41 Å². The molecule has 1 N–H and O–H groups in total. The summed E-state index contributed by atoms with van der Waals surface area (Å²) in [5.41, 5.74) is 0.240. The molecule has 1 amide bonds. The summed E-state index contributed by atoms with van der Waals surface area (Å²) < 4.78 is 12.2. The number of hydrogen-bond donors (Lipinski definition) is 1. The number of amides is 1. The second kappa shape index (κ2) is 10.5. The second-order valence-corrected chi connectivity index (χ2v) is 11.2. The van der Waals surface area contributed by atoms with Gasteiger partial charge in [-0.05, 0) is 31.2 Å². The monoisotopic (exact) mass is 551 g/mol. The number of aryl methyl sites for hydroxylation is 1. The van der Waals surface area contributed by atoms with E-state index in [2.05, 4.69) is 21.9 Å². The van der Waals surface area contributed by atoms with Gasteiger partial charge in [0.25, 0.3) is 5.91 Å². The van der Waals surface area contributed by atoms with Crippen molar-refractivity contribution >= 4 is 29.1 Å². The highest BCUT2D eigenvalue weighted by molar-refractivity contribution is 7.10. The van der Waals surface area contributed by atoms with Crippen LogP contribution in [0.2, 0.25) is 0 Å². The van der Waals surface area contributed by atoms with Gasteiger partial charge in [-0.2, -0.15) is 0 Å². The smallest absolute Gasteiger partial charge is 0.317 e. The van der Waals surface area contributed by atoms with E-state index in [-0.39, 0.29) is 35.0 Å². The first kappa shape index (κ1) is 25.4. The summed E-state index contributed by atoms with van der Waals surface area (Å²) in [4.78, 5) is 27.7. The first-order valence-corrected chi connectivity index (χ1v) is 13.2. The number of nitrogens with one attached hydrogen (secondary N) is 1. The van der Waals surface area contributed by atoms with Crippen LogP contribution >= 0.6 is 11.3 Å². The molecule has 2 aromatic rings. The number of rotatable bonds is 6. The quantitative estimate of drug-likeness (QED) is 0.333. The zero-order chi connectivity index (χ0) is 22.9. The molecule has 1 atom stereocenters. The number of thiophene rings is 1. The Morgan fingerprint density at radius 2 is 1.97 bits per heavy atom. The SMILES string of the molecule is Cc1cc(NC(=O)C[N+]23CCC(CC2)[C@@H](OC(=O)C2(c4cccs4)CCCCCC2)C3)on1.[Br-]. The van der Waals surface area contributed by atoms with Gasteiger partial charge in [0.05, 0.1) is 18.8 Å². The molecule has 1 aliphatic carbocycles. The summed E-state index contributed by atoms with van der Waals surface area (Å²) in [6, 6.07) is 5.88. The van der Waals surface area contributed by atoms with Gasteiger partial charge in [0, 0.05) is 29.7 Å². The fourth-order valence-corrected chi connectivity index (χ4v) is 7.14. The molecule has 0 aromatic carbocycles. The number of carbonyl (C=O) groups excluding carboxylic acids is 2. The number of halogens is 1. The summed E-state index contributed by atoms with van der Waals surface area (Å²) >= 11 is 1.68. The van der Waals surface area contributed by atoms with Crippen molar-refractivity contribution in [3.63, 3.8) is 0 Å². The van der Waals surface area contributed by atoms with Crippen LogP contribution in [0.25, 0.3) is 0 Å². The maximum atomic E-state index is 13.8. The minimum Gasteiger partial charge on any atom is -1.00 e. The van der Waals surface area contributed by atoms with Gasteiger partial charge in [-0.3, -0.25) is 14.9 Å². The average Bonchev–Trinajstić information content (AvgIpc) is 3.41. The van der Waals surface area contributed by atoms with Crippen LogP contribution in [-0.4, -0.2) is 53.8 Å². The maximum Gasteiger partial charge on any atom is 0.317 e. The van der Waals surface area contributed by atoms with Gasteiger partial charge in [-0.25, -0.2) is 0 Å². The van der Waals surface area contributed by atoms with E-state index in [1.165, 1.54) is 12.8 Å². The molecule has 7 nitrogen and oxygen atoms in total. The number of hydrogen-bond acceptors (Lipinski definition) is 6. The Hall–Kier alpha value is -1.71. The number of carbonyl (C=O) groups is 2. The molecule has 0 spiro atoms. The van der Waals surface area contributed by atoms with Gasteiger partial charge >= 0.3 is 5.97 Å². The number of nitrogens with zero attached hydrogens (tertiary/aromatic N) is 2. The van der Waals surface area contributed by atoms with E-state index in [0.717, 1.165) is 68.7 Å². The molecule has 1 saturated carbocycles. The molecule has 2 bridgehead atoms. The lowest BCUT2D eigenvalue weighted by atomic mass is 9.78. The molecular formula is C25H34BrN3O4S. The van der Waals surface area contributed by atoms with Crippen molar-refractivity contribution in [1.29, 1.82) is 0 Å². The topological polar surface area (TPSA) is 81.4 Å². The van der Waals surface area contributed by atoms with Crippen LogP contribution in [0.15, 0.2) is 28.1 Å². The summed E-state index contributed by atoms with van der Waals surface area (Å²) in [7, 11) is 0. The molecular weight excluding hydrogens is 518 g/mol. The van der Waals surface area contributed by atoms with Crippen molar-refractivity contribution in [3.05, 3.63) is 34.2 Å². The van der Waals surface area contributed by atoms with E-state index in [1.54, 1.807) is 17.4 Å². The standard InChI is InChI=1S/C25H33N3O4S.BrH/c1-18-15-23(32-27-18)26-22(29)17-28-12-8-19(9-13-28)20(16-28)31-24(30)25(21-7-6-14-33-21)10-4-2-3-5-11-25;/h6-7,14-15,19-20H,2-5,8-13,16-17H2,1H3;1H/t19?,20-,28?;/m0./s1. The Morgan fingerprint density at radius 3 is 2.59 bits per heavy atom. The third-order valence-corrected chi connectivity index (χ3v) is 9.08. The first-order valence-electron chi connectivity index (χ1n) is 12.3. The van der Waals surface area contributed by atoms with E-state index in [9.17, 15) is 9.59 Å². The lowest BCUT2D eigenvalue weighted by Gasteiger charge is -2.51. The number of anilines is 1. The van der Waals surface area contributed by atoms with Crippen LogP contribution in [0, 0.1) is 12.8 Å². The van der Waals surface area contributed by atoms with E-state index >= 15 is 0 Å². The maximum absolute atomic E-state index is 13.8. The van der Waals surface area contributed by atoms with Gasteiger partial charge in [0.1, 0.15) is 12.0 Å². The van der Waals surface area contributed by atoms with Crippen LogP contribution in [0.5, 0.6) is 0 Å². The Morgan fingerprint density at radius 1 is 1.24 bits per heavy atom. The fourth-order valence-electron chi connectivity index (χ4n) is 6.17. The normalized spacial score (nSPS) is 27.9. The minimum absolute atomic E-state index is 0. The van der Waals surface area contributed by atoms with Crippen molar-refractivity contribution in [2.75, 3.05) is 31.5 Å². The highest BCUT2D eigenvalue weighted by atomic mass is 79.9. The molecule has 9 heteroatoms. The van der Waals surface area contributed by atoms with Crippen LogP contribution < -0.4 is 22.3 Å². The summed E-state index contributed by atoms with van der Waals surface area (Å²) in [5, 5.41) is 8.74. The van der Waals surface area contributed by atoms with Crippen molar-refractivity contribution in [2.24, 2.45) is 5.92 Å². The molecule has 0 radical (unpaired) electrons. The zero-order valence-electron chi connectivity index (χ0n) is 19.8. The van der Waals surface area contributed by atoms with Gasteiger partial charge in [-0.1, -0.05) is 36.9 Å². The predicted molar refractivity (Wildman–Crippen MR) is 126 cm³/mol. The molecule has 4 aliphatic rings. The third kappa shape index (κ3) is 5.11. The molecule has 186 valence electrons. The van der Waals surface area contributed by atoms with Crippen LogP contribution in [-0.2, 0) is 19.7 Å². The molecule has 34 heavy (non-hydrogen) atoms. The second-order valence-electron chi connectivity index (χ2n) is 10.3. The summed E-state index contributed by atoms with van der Waals surface area (Å²) in [5.74, 6) is 0.678. The molecule has 5 heterocycles. The number of esters is 1. The zero-order valence-corrected chi connectivity index (χ0v) is 22.2. The van der Waals surface area contributed by atoms with Gasteiger partial charge in [-0.15, -0.1) is 11.3 Å². The first-order chi connectivity index (χ1) is 16.0. The molecule has 2 aromatic heterocycles. The van der Waals surface area contributed by atoms with E-state index in [1.807, 2.05) is 13.0 Å². The van der Waals surface area contributed by atoms with Crippen molar-refractivity contribution in [1.82, 2.24) is 5.16 Å². The molecule has 6 rings (SSSR count). The van der Waals surface area contributed by atoms with Crippen molar-refractivity contribution in [2.45, 2.75) is 69.8 Å². The van der Waals surface area contributed by atoms with E-state index in [4.69, 9.17) is 9.26 Å². The largest absolute Gasteiger partial charge is 1.00 e. The van der Waals surface area contributed by atoms with Gasteiger partial charge in [0.15, 0.2) is 12.6 Å². The molecule has 4 fully saturated rings. The molecule has 0 unspecified atom stereocenters. The van der Waals surface area contributed by atoms with Crippen molar-refractivity contribution < 1.29 is 40.3 Å². The summed E-state index contributed by atoms with van der Waals surface area (Å²) in [6.07, 6.45) is 8.16. The highest BCUT2D eigenvalue weighted by Crippen LogP contribution is 2.43. The Balaban J connectivity index is 0.00000274. The number of fused-ring (bicyclic) bond motifs is 3. The highest BCUT2D eigenvalue weighted by Gasteiger charge is 2.51. The number of ether oxygens (including phenoxy) is 1. The number of quaternary nitrogens is 1. The Bertz CT molecular complexity index is 976. The minimum atomic E-state index is -0.497. The predicted octanol–water partition coefficient (Wildman–Crippen LogP) is 1.43. The fraction of sp³-hybridized carbons (Fsp3) is 0.640. The lowest BCUT2D eigenvalue weighted by molar-refractivity contribution is -0.939. The van der Waals surface area contributed by atoms with Crippen LogP contribution in [0.4, 0.5) is 5.88 Å². The Labute approximate surface area is 215 Å². The molecule has 3 aliphatic heterocycles.